The Morgan fingerprint density at radius 2 is 1.94 bits per heavy atom. The van der Waals surface area contributed by atoms with Crippen LogP contribution in [0, 0.1) is 5.92 Å². The largest absolute Gasteiger partial charge is 0.308 e. The van der Waals surface area contributed by atoms with Crippen molar-refractivity contribution in [1.29, 1.82) is 0 Å². The second-order valence-electron chi connectivity index (χ2n) is 4.98. The van der Waals surface area contributed by atoms with Crippen molar-refractivity contribution in [3.05, 3.63) is 35.9 Å². The van der Waals surface area contributed by atoms with Gasteiger partial charge in [0.15, 0.2) is 0 Å². The zero-order valence-corrected chi connectivity index (χ0v) is 10.3. The highest BCUT2D eigenvalue weighted by Gasteiger charge is 2.31. The smallest absolute Gasteiger partial charge is 0.0349 e. The molecule has 2 nitrogen and oxygen atoms in total. The van der Waals surface area contributed by atoms with Crippen molar-refractivity contribution in [1.82, 2.24) is 10.2 Å². The summed E-state index contributed by atoms with van der Waals surface area (Å²) >= 11 is 0. The maximum Gasteiger partial charge on any atom is 0.0349 e. The molecule has 1 aliphatic rings. The summed E-state index contributed by atoms with van der Waals surface area (Å²) < 4.78 is 0. The second-order valence-corrected chi connectivity index (χ2v) is 4.98. The van der Waals surface area contributed by atoms with Gasteiger partial charge in [0, 0.05) is 19.1 Å². The minimum Gasteiger partial charge on any atom is -0.308 e. The van der Waals surface area contributed by atoms with Crippen LogP contribution in [0.1, 0.15) is 24.4 Å². The number of hydrogen-bond donors (Lipinski definition) is 1. The number of nitrogens with one attached hydrogen (secondary N) is 1. The molecule has 1 aromatic carbocycles. The van der Waals surface area contributed by atoms with E-state index in [0.717, 1.165) is 19.0 Å². The molecule has 0 saturated heterocycles. The molecule has 88 valence electrons. The first kappa shape index (κ1) is 11.6. The molecule has 1 unspecified atom stereocenters. The molecular weight excluding hydrogens is 196 g/mol. The number of likely N-dealkylation sites (N-methyl/N-ethyl adjacent to an activating group) is 1. The van der Waals surface area contributed by atoms with Crippen LogP contribution < -0.4 is 5.32 Å². The molecule has 0 aromatic heterocycles. The summed E-state index contributed by atoms with van der Waals surface area (Å²) in [7, 11) is 4.24. The molecule has 0 heterocycles. The Morgan fingerprint density at radius 1 is 1.25 bits per heavy atom. The SMILES string of the molecule is CN(C)CCNC(c1ccccc1)C1CC1. The van der Waals surface area contributed by atoms with Gasteiger partial charge in [-0.05, 0) is 38.4 Å². The molecule has 0 aliphatic heterocycles. The molecule has 1 aliphatic carbocycles. The third-order valence-electron chi connectivity index (χ3n) is 3.18. The molecule has 1 N–H and O–H groups in total. The van der Waals surface area contributed by atoms with Gasteiger partial charge in [-0.3, -0.25) is 0 Å². The van der Waals surface area contributed by atoms with Crippen LogP contribution >= 0.6 is 0 Å². The first-order chi connectivity index (χ1) is 7.77. The van der Waals surface area contributed by atoms with Gasteiger partial charge in [-0.25, -0.2) is 0 Å². The molecule has 0 bridgehead atoms. The van der Waals surface area contributed by atoms with Crippen LogP contribution in [0.2, 0.25) is 0 Å². The maximum absolute atomic E-state index is 3.69. The van der Waals surface area contributed by atoms with E-state index < -0.39 is 0 Å². The van der Waals surface area contributed by atoms with E-state index in [1.807, 2.05) is 0 Å². The predicted molar refractivity (Wildman–Crippen MR) is 68.5 cm³/mol. The van der Waals surface area contributed by atoms with Crippen molar-refractivity contribution in [3.63, 3.8) is 0 Å². The zero-order valence-electron chi connectivity index (χ0n) is 10.3. The highest BCUT2D eigenvalue weighted by Crippen LogP contribution is 2.40. The average Bonchev–Trinajstić information content (AvgIpc) is 3.09. The van der Waals surface area contributed by atoms with Crippen LogP contribution in [0.3, 0.4) is 0 Å². The van der Waals surface area contributed by atoms with Gasteiger partial charge in [0.1, 0.15) is 0 Å². The van der Waals surface area contributed by atoms with Gasteiger partial charge in [0.25, 0.3) is 0 Å². The molecule has 2 rings (SSSR count). The average molecular weight is 218 g/mol. The van der Waals surface area contributed by atoms with Crippen molar-refractivity contribution < 1.29 is 0 Å². The van der Waals surface area contributed by atoms with Crippen molar-refractivity contribution >= 4 is 0 Å². The molecule has 1 fully saturated rings. The van der Waals surface area contributed by atoms with Gasteiger partial charge >= 0.3 is 0 Å². The Bertz CT molecular complexity index is 304. The van der Waals surface area contributed by atoms with E-state index in [1.165, 1.54) is 18.4 Å². The van der Waals surface area contributed by atoms with Crippen LogP contribution in [-0.2, 0) is 0 Å². The lowest BCUT2D eigenvalue weighted by Crippen LogP contribution is -2.30. The number of hydrogen-bond acceptors (Lipinski definition) is 2. The molecule has 0 amide bonds. The minimum atomic E-state index is 0.571. The van der Waals surface area contributed by atoms with E-state index in [4.69, 9.17) is 0 Å². The van der Waals surface area contributed by atoms with Gasteiger partial charge in [0.05, 0.1) is 0 Å². The van der Waals surface area contributed by atoms with Gasteiger partial charge in [-0.2, -0.15) is 0 Å². The molecule has 0 radical (unpaired) electrons. The first-order valence-corrected chi connectivity index (χ1v) is 6.20. The monoisotopic (exact) mass is 218 g/mol. The zero-order chi connectivity index (χ0) is 11.4. The normalized spacial score (nSPS) is 17.7. The maximum atomic E-state index is 3.69. The van der Waals surface area contributed by atoms with Crippen molar-refractivity contribution in [3.8, 4) is 0 Å². The molecule has 1 saturated carbocycles. The Balaban J connectivity index is 1.90. The topological polar surface area (TPSA) is 15.3 Å². The predicted octanol–water partition coefficient (Wildman–Crippen LogP) is 2.29. The van der Waals surface area contributed by atoms with E-state index >= 15 is 0 Å². The van der Waals surface area contributed by atoms with Gasteiger partial charge in [-0.15, -0.1) is 0 Å². The summed E-state index contributed by atoms with van der Waals surface area (Å²) in [6.45, 7) is 2.18. The van der Waals surface area contributed by atoms with Crippen LogP contribution in [0.25, 0.3) is 0 Å². The van der Waals surface area contributed by atoms with E-state index in [0.29, 0.717) is 6.04 Å². The van der Waals surface area contributed by atoms with E-state index in [-0.39, 0.29) is 0 Å². The minimum absolute atomic E-state index is 0.571. The Labute approximate surface area is 98.7 Å². The first-order valence-electron chi connectivity index (χ1n) is 6.20. The lowest BCUT2D eigenvalue weighted by Gasteiger charge is -2.20. The van der Waals surface area contributed by atoms with Crippen molar-refractivity contribution in [2.45, 2.75) is 18.9 Å². The summed E-state index contributed by atoms with van der Waals surface area (Å²) in [6, 6.07) is 11.4. The standard InChI is InChI=1S/C14H22N2/c1-16(2)11-10-15-14(13-8-9-13)12-6-4-3-5-7-12/h3-7,13-15H,8-11H2,1-2H3. The Hall–Kier alpha value is -0.860. The van der Waals surface area contributed by atoms with Crippen LogP contribution in [-0.4, -0.2) is 32.1 Å². The second kappa shape index (κ2) is 5.46. The number of benzene rings is 1. The quantitative estimate of drug-likeness (QED) is 0.788. The summed E-state index contributed by atoms with van der Waals surface area (Å²) in [5.41, 5.74) is 1.45. The fourth-order valence-electron chi connectivity index (χ4n) is 2.09. The van der Waals surface area contributed by atoms with Crippen molar-refractivity contribution in [2.75, 3.05) is 27.2 Å². The lowest BCUT2D eigenvalue weighted by molar-refractivity contribution is 0.374. The number of rotatable bonds is 6. The van der Waals surface area contributed by atoms with E-state index in [9.17, 15) is 0 Å². The summed E-state index contributed by atoms with van der Waals surface area (Å²) in [4.78, 5) is 2.22. The highest BCUT2D eigenvalue weighted by molar-refractivity contribution is 5.21. The Kier molecular flexibility index (Phi) is 3.97. The van der Waals surface area contributed by atoms with Crippen LogP contribution in [0.15, 0.2) is 30.3 Å². The van der Waals surface area contributed by atoms with Gasteiger partial charge in [-0.1, -0.05) is 30.3 Å². The third kappa shape index (κ3) is 3.32. The molecule has 16 heavy (non-hydrogen) atoms. The molecule has 0 spiro atoms. The molecule has 1 atom stereocenters. The lowest BCUT2D eigenvalue weighted by atomic mass is 10.0. The van der Waals surface area contributed by atoms with Gasteiger partial charge in [0.2, 0.25) is 0 Å². The van der Waals surface area contributed by atoms with Crippen LogP contribution in [0.4, 0.5) is 0 Å². The highest BCUT2D eigenvalue weighted by atomic mass is 15.1. The Morgan fingerprint density at radius 3 is 2.50 bits per heavy atom. The molecule has 1 aromatic rings. The number of nitrogens with zero attached hydrogens (tertiary/aromatic N) is 1. The molecule has 2 heteroatoms. The summed E-state index contributed by atoms with van der Waals surface area (Å²) in [6.07, 6.45) is 2.77. The third-order valence-corrected chi connectivity index (χ3v) is 3.18. The fraction of sp³-hybridized carbons (Fsp3) is 0.571. The fourth-order valence-corrected chi connectivity index (χ4v) is 2.09. The van der Waals surface area contributed by atoms with Crippen molar-refractivity contribution in [2.24, 2.45) is 5.92 Å². The van der Waals surface area contributed by atoms with E-state index in [2.05, 4.69) is 54.6 Å². The molecular formula is C14H22N2. The summed E-state index contributed by atoms with van der Waals surface area (Å²) in [5.74, 6) is 0.865. The summed E-state index contributed by atoms with van der Waals surface area (Å²) in [5, 5.41) is 3.69. The van der Waals surface area contributed by atoms with E-state index in [1.54, 1.807) is 0 Å². The van der Waals surface area contributed by atoms with Crippen LogP contribution in [0.5, 0.6) is 0 Å². The van der Waals surface area contributed by atoms with Gasteiger partial charge < -0.3 is 10.2 Å².